The number of aromatic nitrogens is 2. The number of nitrogens with two attached hydrogens (primary N) is 2. The van der Waals surface area contributed by atoms with Gasteiger partial charge in [-0.25, -0.2) is 8.78 Å². The van der Waals surface area contributed by atoms with Gasteiger partial charge in [0.05, 0.1) is 24.6 Å². The minimum atomic E-state index is -0.714. The molecule has 1 heterocycles. The van der Waals surface area contributed by atoms with Gasteiger partial charge in [-0.2, -0.15) is 10.4 Å². The van der Waals surface area contributed by atoms with Crippen molar-refractivity contribution in [3.05, 3.63) is 82.9 Å². The van der Waals surface area contributed by atoms with Crippen LogP contribution < -0.4 is 11.5 Å². The van der Waals surface area contributed by atoms with E-state index in [-0.39, 0.29) is 29.0 Å². The predicted molar refractivity (Wildman–Crippen MR) is 106 cm³/mol. The van der Waals surface area contributed by atoms with Gasteiger partial charge in [-0.1, -0.05) is 18.2 Å². The molecule has 29 heavy (non-hydrogen) atoms. The van der Waals surface area contributed by atoms with Crippen LogP contribution in [0.1, 0.15) is 30.0 Å². The minimum absolute atomic E-state index is 0.000000374. The van der Waals surface area contributed by atoms with Gasteiger partial charge in [-0.05, 0) is 42.2 Å². The lowest BCUT2D eigenvalue weighted by Gasteiger charge is -2.25. The lowest BCUT2D eigenvalue weighted by Crippen LogP contribution is -2.23. The molecule has 1 aromatic carbocycles. The van der Waals surface area contributed by atoms with Gasteiger partial charge < -0.3 is 11.5 Å². The highest BCUT2D eigenvalue weighted by Crippen LogP contribution is 2.61. The fourth-order valence-corrected chi connectivity index (χ4v) is 4.32. The van der Waals surface area contributed by atoms with E-state index in [2.05, 4.69) is 17.7 Å². The fourth-order valence-electron chi connectivity index (χ4n) is 4.32. The van der Waals surface area contributed by atoms with Crippen LogP contribution in [0.5, 0.6) is 0 Å². The molecule has 1 saturated carbocycles. The molecule has 1 aromatic heterocycles. The van der Waals surface area contributed by atoms with Gasteiger partial charge >= 0.3 is 0 Å². The number of nitriles is 1. The first kappa shape index (κ1) is 18.9. The molecule has 0 saturated heterocycles. The third-order valence-electron chi connectivity index (χ3n) is 5.82. The van der Waals surface area contributed by atoms with E-state index in [1.165, 1.54) is 18.2 Å². The molecule has 148 valence electrons. The van der Waals surface area contributed by atoms with Crippen LogP contribution in [-0.2, 0) is 6.54 Å². The van der Waals surface area contributed by atoms with E-state index in [9.17, 15) is 8.78 Å². The van der Waals surface area contributed by atoms with Gasteiger partial charge in [-0.3, -0.25) is 4.68 Å². The van der Waals surface area contributed by atoms with Gasteiger partial charge in [0.25, 0.3) is 0 Å². The monoisotopic (exact) mass is 393 g/mol. The van der Waals surface area contributed by atoms with Crippen LogP contribution >= 0.6 is 0 Å². The largest absolute Gasteiger partial charge is 0.401 e. The molecule has 2 aliphatic carbocycles. The molecule has 1 fully saturated rings. The van der Waals surface area contributed by atoms with Crippen molar-refractivity contribution in [2.45, 2.75) is 25.3 Å². The van der Waals surface area contributed by atoms with Crippen LogP contribution in [0.4, 0.5) is 8.78 Å². The Morgan fingerprint density at radius 3 is 2.76 bits per heavy atom. The number of fused-ring (bicyclic) bond motifs is 1. The number of rotatable bonds is 5. The molecule has 2 aromatic rings. The molecule has 3 atom stereocenters. The van der Waals surface area contributed by atoms with Crippen molar-refractivity contribution in [3.8, 4) is 6.07 Å². The Morgan fingerprint density at radius 2 is 2.07 bits per heavy atom. The normalized spacial score (nSPS) is 23.7. The van der Waals surface area contributed by atoms with Crippen molar-refractivity contribution in [1.29, 1.82) is 5.26 Å². The first-order valence-corrected chi connectivity index (χ1v) is 9.41. The van der Waals surface area contributed by atoms with E-state index >= 15 is 0 Å². The molecule has 3 unspecified atom stereocenters. The Hall–Kier alpha value is -3.40. The van der Waals surface area contributed by atoms with Crippen molar-refractivity contribution >= 4 is 5.70 Å². The Labute approximate surface area is 167 Å². The average molecular weight is 393 g/mol. The third-order valence-corrected chi connectivity index (χ3v) is 5.82. The van der Waals surface area contributed by atoms with Crippen LogP contribution in [0.25, 0.3) is 5.70 Å². The molecule has 4 N–H and O–H groups in total. The summed E-state index contributed by atoms with van der Waals surface area (Å²) in [6.45, 7) is 4.63. The number of halogens is 2. The summed E-state index contributed by atoms with van der Waals surface area (Å²) < 4.78 is 30.0. The van der Waals surface area contributed by atoms with E-state index in [0.29, 0.717) is 25.1 Å². The average Bonchev–Trinajstić information content (AvgIpc) is 3.11. The third kappa shape index (κ3) is 3.21. The Bertz CT molecular complexity index is 1070. The molecule has 2 aliphatic rings. The summed E-state index contributed by atoms with van der Waals surface area (Å²) in [4.78, 5) is 0. The van der Waals surface area contributed by atoms with Crippen molar-refractivity contribution in [2.24, 2.45) is 23.3 Å². The first-order chi connectivity index (χ1) is 13.9. The molecule has 0 amide bonds. The van der Waals surface area contributed by atoms with Crippen molar-refractivity contribution in [1.82, 2.24) is 9.78 Å². The molecular weight excluding hydrogens is 372 g/mol. The summed E-state index contributed by atoms with van der Waals surface area (Å²) in [5.41, 5.74) is 15.7. The second-order valence-corrected chi connectivity index (χ2v) is 7.45. The Morgan fingerprint density at radius 1 is 1.34 bits per heavy atom. The lowest BCUT2D eigenvalue weighted by molar-refractivity contribution is 0.508. The molecular formula is C22H21F2N5. The number of hydrogen-bond acceptors (Lipinski definition) is 4. The van der Waals surface area contributed by atoms with Gasteiger partial charge in [0.2, 0.25) is 0 Å². The predicted octanol–water partition coefficient (Wildman–Crippen LogP) is 3.58. The standard InChI is InChI=1S/C22H21F2N5/c1-12-14-10-13(11-17(26)20-15(23)4-2-5-16(20)24)22(27)21(19(12)14)18-6-8-28-29(18)9-3-7-25/h2,4-6,8,11,14,19,21H,1,3,9-10,26-27H2/b17-11-. The summed E-state index contributed by atoms with van der Waals surface area (Å²) in [6, 6.07) is 7.66. The molecule has 0 spiro atoms. The number of allylic oxidation sites excluding steroid dienone is 4. The molecule has 5 nitrogen and oxygen atoms in total. The Kier molecular flexibility index (Phi) is 4.71. The highest BCUT2D eigenvalue weighted by molar-refractivity contribution is 5.67. The number of benzene rings is 1. The number of aryl methyl sites for hydroxylation is 1. The van der Waals surface area contributed by atoms with Crippen LogP contribution in [0, 0.1) is 34.8 Å². The summed E-state index contributed by atoms with van der Waals surface area (Å²) in [5, 5.41) is 13.2. The van der Waals surface area contributed by atoms with Gasteiger partial charge in [-0.15, -0.1) is 0 Å². The summed E-state index contributed by atoms with van der Waals surface area (Å²) in [5.74, 6) is -1.12. The second-order valence-electron chi connectivity index (χ2n) is 7.45. The van der Waals surface area contributed by atoms with Gasteiger partial charge in [0.15, 0.2) is 0 Å². The zero-order valence-corrected chi connectivity index (χ0v) is 15.8. The van der Waals surface area contributed by atoms with Crippen LogP contribution in [-0.4, -0.2) is 9.78 Å². The zero-order valence-electron chi connectivity index (χ0n) is 15.8. The van der Waals surface area contributed by atoms with Crippen LogP contribution in [0.15, 0.2) is 60.0 Å². The van der Waals surface area contributed by atoms with E-state index in [4.69, 9.17) is 16.7 Å². The van der Waals surface area contributed by atoms with E-state index in [1.54, 1.807) is 17.0 Å². The maximum absolute atomic E-state index is 14.1. The highest BCUT2D eigenvalue weighted by atomic mass is 19.1. The molecule has 0 bridgehead atoms. The maximum atomic E-state index is 14.1. The maximum Gasteiger partial charge on any atom is 0.135 e. The van der Waals surface area contributed by atoms with Crippen molar-refractivity contribution in [2.75, 3.05) is 0 Å². The second kappa shape index (κ2) is 7.21. The SMILES string of the molecule is C=C1C2CC(/C=C(\N)c3c(F)cccc3F)=C(N)C(c3ccnn3CCC#N)C12. The highest BCUT2D eigenvalue weighted by Gasteiger charge is 2.52. The topological polar surface area (TPSA) is 93.7 Å². The van der Waals surface area contributed by atoms with E-state index in [0.717, 1.165) is 16.8 Å². The van der Waals surface area contributed by atoms with Crippen molar-refractivity contribution < 1.29 is 8.78 Å². The zero-order chi connectivity index (χ0) is 20.7. The number of hydrogen-bond donors (Lipinski definition) is 2. The van der Waals surface area contributed by atoms with Gasteiger partial charge in [0, 0.05) is 35.1 Å². The van der Waals surface area contributed by atoms with Crippen LogP contribution in [0.3, 0.4) is 0 Å². The summed E-state index contributed by atoms with van der Waals surface area (Å²) >= 11 is 0. The Balaban J connectivity index is 1.75. The quantitative estimate of drug-likeness (QED) is 0.760. The van der Waals surface area contributed by atoms with E-state index < -0.39 is 11.6 Å². The molecule has 0 radical (unpaired) electrons. The van der Waals surface area contributed by atoms with Gasteiger partial charge in [0.1, 0.15) is 11.6 Å². The van der Waals surface area contributed by atoms with Crippen LogP contribution in [0.2, 0.25) is 0 Å². The molecule has 7 heteroatoms. The number of nitrogens with zero attached hydrogens (tertiary/aromatic N) is 3. The van der Waals surface area contributed by atoms with E-state index in [1.807, 2.05) is 6.07 Å². The molecule has 0 aliphatic heterocycles. The first-order valence-electron chi connectivity index (χ1n) is 9.41. The smallest absolute Gasteiger partial charge is 0.135 e. The minimum Gasteiger partial charge on any atom is -0.401 e. The lowest BCUT2D eigenvalue weighted by atomic mass is 9.84. The summed E-state index contributed by atoms with van der Waals surface area (Å²) in [7, 11) is 0. The molecule has 4 rings (SSSR count). The fraction of sp³-hybridized carbons (Fsp3) is 0.273. The van der Waals surface area contributed by atoms with Crippen molar-refractivity contribution in [3.63, 3.8) is 0 Å². The summed E-state index contributed by atoms with van der Waals surface area (Å²) in [6.07, 6.45) is 4.23.